The molecule has 0 aliphatic carbocycles. The summed E-state index contributed by atoms with van der Waals surface area (Å²) in [5, 5.41) is 38.4. The van der Waals surface area contributed by atoms with Crippen LogP contribution in [0.3, 0.4) is 0 Å². The summed E-state index contributed by atoms with van der Waals surface area (Å²) < 4.78 is 0. The third-order valence-electron chi connectivity index (χ3n) is 1.54. The molecule has 0 fully saturated rings. The van der Waals surface area contributed by atoms with Gasteiger partial charge in [-0.2, -0.15) is 0 Å². The number of ketones is 1. The van der Waals surface area contributed by atoms with Gasteiger partial charge in [0.15, 0.2) is 5.78 Å². The molecule has 8 nitrogen and oxygen atoms in total. The van der Waals surface area contributed by atoms with Gasteiger partial charge in [0.1, 0.15) is 18.8 Å². The Morgan fingerprint density at radius 2 is 2.00 bits per heavy atom. The van der Waals surface area contributed by atoms with E-state index in [4.69, 9.17) is 26.0 Å². The van der Waals surface area contributed by atoms with E-state index in [2.05, 4.69) is 10.0 Å². The van der Waals surface area contributed by atoms with Crippen LogP contribution in [0.15, 0.2) is 5.11 Å². The van der Waals surface area contributed by atoms with Crippen molar-refractivity contribution in [2.24, 2.45) is 5.11 Å². The molecule has 0 heterocycles. The van der Waals surface area contributed by atoms with Gasteiger partial charge in [-0.15, -0.1) is 0 Å². The molecule has 4 N–H and O–H groups in total. The number of aliphatic hydroxyl groups excluding tert-OH is 4. The molecule has 0 radical (unpaired) electrons. The number of rotatable bonds is 6. The highest BCUT2D eigenvalue weighted by Crippen LogP contribution is 2.02. The summed E-state index contributed by atoms with van der Waals surface area (Å²) in [6.07, 6.45) is -5.21. The SMILES string of the molecule is [N-]=[N+]=NC[C@@H](O)[C@H](O)[C@@H](O)C(=O)CO. The molecule has 0 saturated carbocycles. The zero-order chi connectivity index (χ0) is 11.1. The average Bonchev–Trinajstić information content (AvgIpc) is 2.22. The average molecular weight is 205 g/mol. The molecular formula is C6H11N3O5. The lowest BCUT2D eigenvalue weighted by atomic mass is 10.1. The molecule has 0 aliphatic heterocycles. The van der Waals surface area contributed by atoms with Crippen LogP contribution in [0.5, 0.6) is 0 Å². The molecule has 0 unspecified atom stereocenters. The standard InChI is InChI=1S/C6H11N3O5/c7-9-8-1-3(11)5(13)6(14)4(12)2-10/h3,5-6,10-11,13-14H,1-2H2/t3-,5+,6+/m1/s1. The summed E-state index contributed by atoms with van der Waals surface area (Å²) in [6, 6.07) is 0. The van der Waals surface area contributed by atoms with Crippen molar-refractivity contribution in [3.8, 4) is 0 Å². The van der Waals surface area contributed by atoms with Gasteiger partial charge in [-0.3, -0.25) is 4.79 Å². The van der Waals surface area contributed by atoms with Crippen LogP contribution in [0, 0.1) is 0 Å². The van der Waals surface area contributed by atoms with E-state index in [-0.39, 0.29) is 0 Å². The Labute approximate surface area is 79.0 Å². The van der Waals surface area contributed by atoms with Gasteiger partial charge in [-0.05, 0) is 5.53 Å². The van der Waals surface area contributed by atoms with Crippen LogP contribution in [0.25, 0.3) is 10.4 Å². The molecule has 0 rings (SSSR count). The van der Waals surface area contributed by atoms with Crippen molar-refractivity contribution < 1.29 is 25.2 Å². The summed E-state index contributed by atoms with van der Waals surface area (Å²) in [6.45, 7) is -1.40. The molecular weight excluding hydrogens is 194 g/mol. The van der Waals surface area contributed by atoms with Gasteiger partial charge in [0.05, 0.1) is 12.6 Å². The van der Waals surface area contributed by atoms with E-state index < -0.39 is 37.2 Å². The lowest BCUT2D eigenvalue weighted by Crippen LogP contribution is -2.44. The van der Waals surface area contributed by atoms with Crippen molar-refractivity contribution in [2.75, 3.05) is 13.2 Å². The van der Waals surface area contributed by atoms with Gasteiger partial charge >= 0.3 is 0 Å². The predicted molar refractivity (Wildman–Crippen MR) is 44.1 cm³/mol. The maximum atomic E-state index is 10.7. The van der Waals surface area contributed by atoms with Crippen molar-refractivity contribution >= 4 is 5.78 Å². The fourth-order valence-corrected chi connectivity index (χ4v) is 0.723. The van der Waals surface area contributed by atoms with Crippen molar-refractivity contribution in [1.29, 1.82) is 0 Å². The first-order valence-corrected chi connectivity index (χ1v) is 3.73. The number of hydrogen-bond acceptors (Lipinski definition) is 6. The van der Waals surface area contributed by atoms with Crippen LogP contribution in [0.4, 0.5) is 0 Å². The molecule has 3 atom stereocenters. The summed E-state index contributed by atoms with van der Waals surface area (Å²) >= 11 is 0. The fourth-order valence-electron chi connectivity index (χ4n) is 0.723. The summed E-state index contributed by atoms with van der Waals surface area (Å²) in [5.74, 6) is -1.02. The Morgan fingerprint density at radius 1 is 1.43 bits per heavy atom. The molecule has 0 amide bonds. The summed E-state index contributed by atoms with van der Waals surface area (Å²) in [5.41, 5.74) is 7.89. The molecule has 0 saturated heterocycles. The third kappa shape index (κ3) is 3.69. The molecule has 0 bridgehead atoms. The molecule has 14 heavy (non-hydrogen) atoms. The topological polar surface area (TPSA) is 147 Å². The van der Waals surface area contributed by atoms with Gasteiger partial charge in [0, 0.05) is 4.91 Å². The normalized spacial score (nSPS) is 16.6. The number of azide groups is 1. The highest BCUT2D eigenvalue weighted by atomic mass is 16.4. The molecule has 0 aromatic heterocycles. The maximum absolute atomic E-state index is 10.7. The van der Waals surface area contributed by atoms with E-state index >= 15 is 0 Å². The van der Waals surface area contributed by atoms with E-state index in [1.165, 1.54) is 0 Å². The van der Waals surface area contributed by atoms with Crippen molar-refractivity contribution in [3.63, 3.8) is 0 Å². The minimum atomic E-state index is -1.89. The molecule has 0 spiro atoms. The minimum absolute atomic E-state index is 0.465. The second-order valence-corrected chi connectivity index (χ2v) is 2.54. The zero-order valence-electron chi connectivity index (χ0n) is 7.19. The maximum Gasteiger partial charge on any atom is 0.189 e. The number of aliphatic hydroxyl groups is 4. The predicted octanol–water partition coefficient (Wildman–Crippen LogP) is -2.06. The number of Topliss-reactive ketones (excluding diaryl/α,β-unsaturated/α-hetero) is 1. The Bertz CT molecular complexity index is 240. The van der Waals surface area contributed by atoms with E-state index in [1.54, 1.807) is 0 Å². The fraction of sp³-hybridized carbons (Fsp3) is 0.833. The Kier molecular flexibility index (Phi) is 5.77. The first-order chi connectivity index (χ1) is 6.54. The van der Waals surface area contributed by atoms with Crippen LogP contribution >= 0.6 is 0 Å². The van der Waals surface area contributed by atoms with E-state index in [0.29, 0.717) is 0 Å². The monoisotopic (exact) mass is 205 g/mol. The first kappa shape index (κ1) is 12.8. The lowest BCUT2D eigenvalue weighted by molar-refractivity contribution is -0.140. The van der Waals surface area contributed by atoms with Crippen molar-refractivity contribution in [1.82, 2.24) is 0 Å². The Balaban J connectivity index is 4.22. The smallest absolute Gasteiger partial charge is 0.189 e. The molecule has 0 aliphatic rings. The minimum Gasteiger partial charge on any atom is -0.390 e. The molecule has 0 aromatic carbocycles. The van der Waals surface area contributed by atoms with E-state index in [9.17, 15) is 4.79 Å². The van der Waals surface area contributed by atoms with Crippen LogP contribution in [0.2, 0.25) is 0 Å². The van der Waals surface area contributed by atoms with E-state index in [0.717, 1.165) is 0 Å². The molecule has 8 heteroatoms. The zero-order valence-corrected chi connectivity index (χ0v) is 7.19. The number of hydrogen-bond donors (Lipinski definition) is 4. The number of carbonyl (C=O) groups is 1. The molecule has 0 aromatic rings. The number of carbonyl (C=O) groups excluding carboxylic acids is 1. The second kappa shape index (κ2) is 6.30. The van der Waals surface area contributed by atoms with E-state index in [1.807, 2.05) is 0 Å². The Morgan fingerprint density at radius 3 is 2.43 bits per heavy atom. The number of nitrogens with zero attached hydrogens (tertiary/aromatic N) is 3. The second-order valence-electron chi connectivity index (χ2n) is 2.54. The summed E-state index contributed by atoms with van der Waals surface area (Å²) in [7, 11) is 0. The highest BCUT2D eigenvalue weighted by Gasteiger charge is 2.28. The Hall–Kier alpha value is -1.18. The highest BCUT2D eigenvalue weighted by molar-refractivity contribution is 5.84. The largest absolute Gasteiger partial charge is 0.390 e. The summed E-state index contributed by atoms with van der Waals surface area (Å²) in [4.78, 5) is 13.0. The van der Waals surface area contributed by atoms with Gasteiger partial charge in [-0.1, -0.05) is 5.11 Å². The third-order valence-corrected chi connectivity index (χ3v) is 1.54. The quantitative estimate of drug-likeness (QED) is 0.223. The van der Waals surface area contributed by atoms with Gasteiger partial charge in [0.2, 0.25) is 0 Å². The van der Waals surface area contributed by atoms with Crippen LogP contribution in [-0.2, 0) is 4.79 Å². The van der Waals surface area contributed by atoms with Crippen LogP contribution < -0.4 is 0 Å². The van der Waals surface area contributed by atoms with Crippen LogP contribution in [-0.4, -0.2) is 57.7 Å². The van der Waals surface area contributed by atoms with Crippen molar-refractivity contribution in [2.45, 2.75) is 18.3 Å². The van der Waals surface area contributed by atoms with Crippen LogP contribution in [0.1, 0.15) is 0 Å². The first-order valence-electron chi connectivity index (χ1n) is 3.73. The van der Waals surface area contributed by atoms with Crippen molar-refractivity contribution in [3.05, 3.63) is 10.4 Å². The lowest BCUT2D eigenvalue weighted by Gasteiger charge is -2.19. The van der Waals surface area contributed by atoms with Gasteiger partial charge in [0.25, 0.3) is 0 Å². The van der Waals surface area contributed by atoms with Gasteiger partial charge < -0.3 is 20.4 Å². The molecule has 80 valence electrons. The van der Waals surface area contributed by atoms with Gasteiger partial charge in [-0.25, -0.2) is 0 Å².